The van der Waals surface area contributed by atoms with Crippen LogP contribution in [-0.4, -0.2) is 24.3 Å². The molecule has 0 fully saturated rings. The van der Waals surface area contributed by atoms with Gasteiger partial charge < -0.3 is 14.8 Å². The molecule has 2 N–H and O–H groups in total. The van der Waals surface area contributed by atoms with Crippen molar-refractivity contribution in [2.24, 2.45) is 0 Å². The van der Waals surface area contributed by atoms with Crippen LogP contribution in [0.4, 0.5) is 0 Å². The van der Waals surface area contributed by atoms with Crippen LogP contribution in [0.1, 0.15) is 25.3 Å². The topological polar surface area (TPSA) is 49.7 Å². The van der Waals surface area contributed by atoms with Crippen LogP contribution in [0.5, 0.6) is 5.75 Å². The highest BCUT2D eigenvalue weighted by atomic mass is 16.5. The summed E-state index contributed by atoms with van der Waals surface area (Å²) in [7, 11) is 0.189. The Bertz CT molecular complexity index is 310. The van der Waals surface area contributed by atoms with Crippen molar-refractivity contribution in [1.82, 2.24) is 0 Å². The molecule has 1 aromatic carbocycles. The summed E-state index contributed by atoms with van der Waals surface area (Å²) >= 11 is 0. The van der Waals surface area contributed by atoms with Crippen LogP contribution in [0.2, 0.25) is 0 Å². The maximum Gasteiger partial charge on any atom is 0.488 e. The Kier molecular flexibility index (Phi) is 3.55. The molecule has 0 radical (unpaired) electrons. The van der Waals surface area contributed by atoms with Crippen molar-refractivity contribution in [3.8, 4) is 5.75 Å². The minimum absolute atomic E-state index is 0.295. The van der Waals surface area contributed by atoms with E-state index < -0.39 is 7.12 Å². The summed E-state index contributed by atoms with van der Waals surface area (Å²) in [6.07, 6.45) is 0. The summed E-state index contributed by atoms with van der Waals surface area (Å²) in [6.45, 7) is 4.07. The van der Waals surface area contributed by atoms with E-state index in [1.807, 2.05) is 13.8 Å². The second kappa shape index (κ2) is 4.48. The van der Waals surface area contributed by atoms with Gasteiger partial charge in [-0.2, -0.15) is 0 Å². The largest absolute Gasteiger partial charge is 0.496 e. The highest BCUT2D eigenvalue weighted by molar-refractivity contribution is 6.58. The minimum atomic E-state index is -1.42. The van der Waals surface area contributed by atoms with Gasteiger partial charge in [0.05, 0.1) is 7.11 Å². The fourth-order valence-electron chi connectivity index (χ4n) is 1.36. The van der Waals surface area contributed by atoms with E-state index in [9.17, 15) is 0 Å². The monoisotopic (exact) mass is 194 g/mol. The SMILES string of the molecule is COc1ccc(B(O)O)cc1C(C)C. The maximum absolute atomic E-state index is 9.01. The molecule has 0 aliphatic carbocycles. The Morgan fingerprint density at radius 3 is 2.36 bits per heavy atom. The third kappa shape index (κ3) is 2.27. The molecule has 1 rings (SSSR count). The summed E-state index contributed by atoms with van der Waals surface area (Å²) in [5.74, 6) is 1.08. The zero-order valence-electron chi connectivity index (χ0n) is 8.69. The zero-order chi connectivity index (χ0) is 10.7. The lowest BCUT2D eigenvalue weighted by Gasteiger charge is -2.13. The molecule has 0 saturated carbocycles. The average Bonchev–Trinajstić information content (AvgIpc) is 2.16. The molecule has 1 aromatic rings. The number of hydrogen-bond donors (Lipinski definition) is 2. The van der Waals surface area contributed by atoms with Crippen LogP contribution >= 0.6 is 0 Å². The number of rotatable bonds is 3. The first-order valence-corrected chi connectivity index (χ1v) is 4.60. The standard InChI is InChI=1S/C10H15BO3/c1-7(2)9-6-8(11(12)13)4-5-10(9)14-3/h4-7,12-13H,1-3H3. The molecule has 0 aliphatic heterocycles. The van der Waals surface area contributed by atoms with Gasteiger partial charge in [-0.15, -0.1) is 0 Å². The van der Waals surface area contributed by atoms with E-state index in [0.29, 0.717) is 11.4 Å². The fourth-order valence-corrected chi connectivity index (χ4v) is 1.36. The van der Waals surface area contributed by atoms with E-state index in [0.717, 1.165) is 11.3 Å². The minimum Gasteiger partial charge on any atom is -0.496 e. The van der Waals surface area contributed by atoms with E-state index in [1.54, 1.807) is 25.3 Å². The molecule has 0 spiro atoms. The Morgan fingerprint density at radius 1 is 1.29 bits per heavy atom. The molecular formula is C10H15BO3. The van der Waals surface area contributed by atoms with E-state index in [-0.39, 0.29) is 0 Å². The second-order valence-electron chi connectivity index (χ2n) is 3.53. The van der Waals surface area contributed by atoms with Crippen molar-refractivity contribution in [2.45, 2.75) is 19.8 Å². The lowest BCUT2D eigenvalue weighted by molar-refractivity contribution is 0.407. The van der Waals surface area contributed by atoms with Crippen molar-refractivity contribution < 1.29 is 14.8 Å². The number of benzene rings is 1. The lowest BCUT2D eigenvalue weighted by atomic mass is 9.78. The lowest BCUT2D eigenvalue weighted by Crippen LogP contribution is -2.30. The predicted octanol–water partition coefficient (Wildman–Crippen LogP) is 0.498. The summed E-state index contributed by atoms with van der Waals surface area (Å²) in [4.78, 5) is 0. The van der Waals surface area contributed by atoms with Gasteiger partial charge in [-0.3, -0.25) is 0 Å². The van der Waals surface area contributed by atoms with Crippen LogP contribution < -0.4 is 10.2 Å². The van der Waals surface area contributed by atoms with Crippen LogP contribution in [0.3, 0.4) is 0 Å². The van der Waals surface area contributed by atoms with Gasteiger partial charge in [0.25, 0.3) is 0 Å². The molecule has 4 heteroatoms. The first-order valence-electron chi connectivity index (χ1n) is 4.60. The molecule has 3 nitrogen and oxygen atoms in total. The smallest absolute Gasteiger partial charge is 0.488 e. The Morgan fingerprint density at radius 2 is 1.93 bits per heavy atom. The molecule has 0 aliphatic rings. The van der Waals surface area contributed by atoms with Crippen LogP contribution in [0.15, 0.2) is 18.2 Å². The van der Waals surface area contributed by atoms with Gasteiger partial charge in [0, 0.05) is 0 Å². The fraction of sp³-hybridized carbons (Fsp3) is 0.400. The van der Waals surface area contributed by atoms with Crippen molar-refractivity contribution in [3.05, 3.63) is 23.8 Å². The number of ether oxygens (including phenoxy) is 1. The highest BCUT2D eigenvalue weighted by Gasteiger charge is 2.15. The Balaban J connectivity index is 3.14. The van der Waals surface area contributed by atoms with Gasteiger partial charge in [-0.25, -0.2) is 0 Å². The van der Waals surface area contributed by atoms with Crippen molar-refractivity contribution >= 4 is 12.6 Å². The molecule has 0 aromatic heterocycles. The Hall–Kier alpha value is -0.995. The molecule has 14 heavy (non-hydrogen) atoms. The summed E-state index contributed by atoms with van der Waals surface area (Å²) in [5, 5.41) is 18.0. The van der Waals surface area contributed by atoms with Gasteiger partial charge in [0.1, 0.15) is 5.75 Å². The average molecular weight is 194 g/mol. The second-order valence-corrected chi connectivity index (χ2v) is 3.53. The molecule has 0 amide bonds. The van der Waals surface area contributed by atoms with E-state index in [4.69, 9.17) is 14.8 Å². The normalized spacial score (nSPS) is 10.4. The van der Waals surface area contributed by atoms with Gasteiger partial charge in [0.2, 0.25) is 0 Å². The third-order valence-corrected chi connectivity index (χ3v) is 2.17. The van der Waals surface area contributed by atoms with Gasteiger partial charge >= 0.3 is 7.12 Å². The molecular weight excluding hydrogens is 179 g/mol. The van der Waals surface area contributed by atoms with E-state index in [2.05, 4.69) is 0 Å². The summed E-state index contributed by atoms with van der Waals surface area (Å²) in [5.41, 5.74) is 1.48. The zero-order valence-corrected chi connectivity index (χ0v) is 8.69. The molecule has 0 saturated heterocycles. The molecule has 0 bridgehead atoms. The summed E-state index contributed by atoms with van der Waals surface area (Å²) in [6, 6.07) is 5.16. The van der Waals surface area contributed by atoms with Gasteiger partial charge in [0.15, 0.2) is 0 Å². The quantitative estimate of drug-likeness (QED) is 0.688. The van der Waals surface area contributed by atoms with Crippen LogP contribution in [0.25, 0.3) is 0 Å². The number of hydrogen-bond acceptors (Lipinski definition) is 3. The van der Waals surface area contributed by atoms with Gasteiger partial charge in [-0.05, 0) is 23.0 Å². The predicted molar refractivity (Wildman–Crippen MR) is 56.9 cm³/mol. The Labute approximate surface area is 84.5 Å². The number of methoxy groups -OCH3 is 1. The van der Waals surface area contributed by atoms with Crippen molar-refractivity contribution in [1.29, 1.82) is 0 Å². The third-order valence-electron chi connectivity index (χ3n) is 2.17. The maximum atomic E-state index is 9.01. The van der Waals surface area contributed by atoms with Crippen molar-refractivity contribution in [2.75, 3.05) is 7.11 Å². The first kappa shape index (κ1) is 11.1. The first-order chi connectivity index (χ1) is 6.56. The highest BCUT2D eigenvalue weighted by Crippen LogP contribution is 2.24. The molecule has 0 heterocycles. The van der Waals surface area contributed by atoms with E-state index in [1.165, 1.54) is 0 Å². The molecule has 0 atom stereocenters. The van der Waals surface area contributed by atoms with Crippen molar-refractivity contribution in [3.63, 3.8) is 0 Å². The summed E-state index contributed by atoms with van der Waals surface area (Å²) < 4.78 is 5.18. The van der Waals surface area contributed by atoms with E-state index >= 15 is 0 Å². The molecule has 0 unspecified atom stereocenters. The molecule has 76 valence electrons. The van der Waals surface area contributed by atoms with Crippen LogP contribution in [0, 0.1) is 0 Å². The van der Waals surface area contributed by atoms with Gasteiger partial charge in [-0.1, -0.05) is 26.0 Å². The van der Waals surface area contributed by atoms with Crippen LogP contribution in [-0.2, 0) is 0 Å².